The molecule has 1 amide bonds. The highest BCUT2D eigenvalue weighted by Crippen LogP contribution is 2.27. The first kappa shape index (κ1) is 19.4. The Labute approximate surface area is 143 Å². The monoisotopic (exact) mass is 345 g/mol. The Hall–Kier alpha value is -0.650. The van der Waals surface area contributed by atoms with Gasteiger partial charge in [-0.1, -0.05) is 32.1 Å². The predicted octanol–water partition coefficient (Wildman–Crippen LogP) is 3.54. The molecule has 0 radical (unpaired) electrons. The van der Waals surface area contributed by atoms with Gasteiger partial charge in [0.2, 0.25) is 0 Å². The average Bonchev–Trinajstić information content (AvgIpc) is 2.95. The second kappa shape index (κ2) is 10.2. The molecule has 22 heavy (non-hydrogen) atoms. The van der Waals surface area contributed by atoms with Crippen LogP contribution in [-0.4, -0.2) is 23.5 Å². The largest absolute Gasteiger partial charge is 0.348 e. The van der Waals surface area contributed by atoms with Gasteiger partial charge < -0.3 is 11.1 Å². The second-order valence-electron chi connectivity index (χ2n) is 6.12. The molecule has 1 aliphatic carbocycles. The van der Waals surface area contributed by atoms with E-state index >= 15 is 0 Å². The van der Waals surface area contributed by atoms with E-state index in [1.165, 1.54) is 49.9 Å². The van der Waals surface area contributed by atoms with E-state index in [0.717, 1.165) is 23.8 Å². The third-order valence-electron chi connectivity index (χ3n) is 4.25. The highest BCUT2D eigenvalue weighted by Gasteiger charge is 2.17. The molecule has 2 rings (SSSR count). The Morgan fingerprint density at radius 3 is 2.86 bits per heavy atom. The fourth-order valence-corrected chi connectivity index (χ4v) is 3.78. The van der Waals surface area contributed by atoms with Crippen LogP contribution in [0.25, 0.3) is 0 Å². The van der Waals surface area contributed by atoms with Crippen LogP contribution in [0.2, 0.25) is 0 Å². The molecule has 126 valence electrons. The van der Waals surface area contributed by atoms with Crippen LogP contribution in [0.15, 0.2) is 5.38 Å². The van der Waals surface area contributed by atoms with Crippen molar-refractivity contribution in [2.45, 2.75) is 64.3 Å². The van der Waals surface area contributed by atoms with Crippen molar-refractivity contribution in [2.24, 2.45) is 11.7 Å². The van der Waals surface area contributed by atoms with Crippen LogP contribution in [0.1, 0.15) is 67.4 Å². The first-order valence-electron chi connectivity index (χ1n) is 8.14. The summed E-state index contributed by atoms with van der Waals surface area (Å²) in [5, 5.41) is 5.83. The van der Waals surface area contributed by atoms with Gasteiger partial charge in [0, 0.05) is 17.8 Å². The molecule has 1 unspecified atom stereocenters. The summed E-state index contributed by atoms with van der Waals surface area (Å²) in [5.74, 6) is 0.819. The third kappa shape index (κ3) is 6.23. The summed E-state index contributed by atoms with van der Waals surface area (Å²) in [4.78, 5) is 16.5. The van der Waals surface area contributed by atoms with Crippen LogP contribution in [-0.2, 0) is 6.42 Å². The zero-order valence-electron chi connectivity index (χ0n) is 13.3. The van der Waals surface area contributed by atoms with E-state index in [1.807, 2.05) is 5.38 Å². The molecule has 1 atom stereocenters. The lowest BCUT2D eigenvalue weighted by Gasteiger charge is -2.23. The van der Waals surface area contributed by atoms with Crippen LogP contribution >= 0.6 is 23.7 Å². The third-order valence-corrected chi connectivity index (χ3v) is 5.16. The van der Waals surface area contributed by atoms with Crippen molar-refractivity contribution in [3.05, 3.63) is 16.1 Å². The lowest BCUT2D eigenvalue weighted by molar-refractivity contribution is 0.0932. The van der Waals surface area contributed by atoms with Gasteiger partial charge in [-0.15, -0.1) is 23.7 Å². The summed E-state index contributed by atoms with van der Waals surface area (Å²) < 4.78 is 0. The van der Waals surface area contributed by atoms with Crippen LogP contribution in [0.5, 0.6) is 0 Å². The fourth-order valence-electron chi connectivity index (χ4n) is 2.98. The van der Waals surface area contributed by atoms with E-state index in [9.17, 15) is 4.79 Å². The number of hydrogen-bond acceptors (Lipinski definition) is 4. The number of halogens is 1. The first-order valence-corrected chi connectivity index (χ1v) is 9.02. The van der Waals surface area contributed by atoms with Crippen molar-refractivity contribution in [3.8, 4) is 0 Å². The fraction of sp³-hybridized carbons (Fsp3) is 0.750. The maximum absolute atomic E-state index is 12.1. The van der Waals surface area contributed by atoms with Gasteiger partial charge in [-0.2, -0.15) is 0 Å². The molecular weight excluding hydrogens is 318 g/mol. The quantitative estimate of drug-likeness (QED) is 0.794. The normalized spacial score (nSPS) is 16.8. The van der Waals surface area contributed by atoms with Gasteiger partial charge in [-0.25, -0.2) is 4.98 Å². The van der Waals surface area contributed by atoms with Crippen molar-refractivity contribution in [3.63, 3.8) is 0 Å². The summed E-state index contributed by atoms with van der Waals surface area (Å²) >= 11 is 1.51. The standard InChI is InChI=1S/C16H27N3OS.ClH/c1-12(7-8-13-5-3-2-4-6-13)18-16(20)14-11-21-15(19-14)9-10-17;/h11-13H,2-10,17H2,1H3,(H,18,20);1H. The molecule has 1 aromatic heterocycles. The van der Waals surface area contributed by atoms with Gasteiger partial charge in [0.05, 0.1) is 5.01 Å². The molecule has 0 spiro atoms. The van der Waals surface area contributed by atoms with E-state index in [0.29, 0.717) is 12.2 Å². The molecule has 1 saturated carbocycles. The van der Waals surface area contributed by atoms with E-state index in [2.05, 4.69) is 17.2 Å². The highest BCUT2D eigenvalue weighted by atomic mass is 35.5. The number of nitrogens with zero attached hydrogens (tertiary/aromatic N) is 1. The summed E-state index contributed by atoms with van der Waals surface area (Å²) in [6, 6.07) is 0.221. The van der Waals surface area contributed by atoms with Crippen molar-refractivity contribution in [2.75, 3.05) is 6.54 Å². The minimum atomic E-state index is -0.0503. The maximum atomic E-state index is 12.1. The number of amides is 1. The van der Waals surface area contributed by atoms with Crippen molar-refractivity contribution >= 4 is 29.7 Å². The van der Waals surface area contributed by atoms with E-state index in [-0.39, 0.29) is 24.4 Å². The summed E-state index contributed by atoms with van der Waals surface area (Å²) in [6.07, 6.45) is 9.95. The molecule has 0 bridgehead atoms. The number of carbonyl (C=O) groups excluding carboxylic acids is 1. The molecule has 0 aromatic carbocycles. The van der Waals surface area contributed by atoms with Gasteiger partial charge in [-0.3, -0.25) is 4.79 Å². The molecule has 0 aliphatic heterocycles. The maximum Gasteiger partial charge on any atom is 0.270 e. The molecular formula is C16H28ClN3OS. The van der Waals surface area contributed by atoms with Crippen LogP contribution < -0.4 is 11.1 Å². The number of nitrogens with one attached hydrogen (secondary N) is 1. The number of aromatic nitrogens is 1. The van der Waals surface area contributed by atoms with Crippen LogP contribution in [0.4, 0.5) is 0 Å². The van der Waals surface area contributed by atoms with Gasteiger partial charge in [0.25, 0.3) is 5.91 Å². The number of hydrogen-bond donors (Lipinski definition) is 2. The lowest BCUT2D eigenvalue weighted by Crippen LogP contribution is -2.33. The van der Waals surface area contributed by atoms with Gasteiger partial charge in [0.15, 0.2) is 0 Å². The Bertz CT molecular complexity index is 446. The van der Waals surface area contributed by atoms with Crippen molar-refractivity contribution in [1.29, 1.82) is 0 Å². The van der Waals surface area contributed by atoms with Gasteiger partial charge in [0.1, 0.15) is 5.69 Å². The van der Waals surface area contributed by atoms with Gasteiger partial charge in [-0.05, 0) is 32.2 Å². The second-order valence-corrected chi connectivity index (χ2v) is 7.06. The number of rotatable bonds is 7. The van der Waals surface area contributed by atoms with E-state index in [4.69, 9.17) is 5.73 Å². The van der Waals surface area contributed by atoms with E-state index in [1.54, 1.807) is 0 Å². The molecule has 4 nitrogen and oxygen atoms in total. The molecule has 1 aliphatic rings. The molecule has 1 fully saturated rings. The molecule has 1 aromatic rings. The van der Waals surface area contributed by atoms with Crippen molar-refractivity contribution in [1.82, 2.24) is 10.3 Å². The number of thiazole rings is 1. The number of nitrogens with two attached hydrogens (primary N) is 1. The molecule has 1 heterocycles. The predicted molar refractivity (Wildman–Crippen MR) is 94.9 cm³/mol. The minimum Gasteiger partial charge on any atom is -0.348 e. The zero-order valence-corrected chi connectivity index (χ0v) is 15.0. The Morgan fingerprint density at radius 2 is 2.18 bits per heavy atom. The minimum absolute atomic E-state index is 0. The van der Waals surface area contributed by atoms with E-state index < -0.39 is 0 Å². The Morgan fingerprint density at radius 1 is 1.45 bits per heavy atom. The molecule has 6 heteroatoms. The Balaban J connectivity index is 0.00000242. The summed E-state index contributed by atoms with van der Waals surface area (Å²) in [7, 11) is 0. The highest BCUT2D eigenvalue weighted by molar-refractivity contribution is 7.09. The smallest absolute Gasteiger partial charge is 0.270 e. The SMILES string of the molecule is CC(CCC1CCCCC1)NC(=O)c1csc(CCN)n1.Cl. The summed E-state index contributed by atoms with van der Waals surface area (Å²) in [6.45, 7) is 2.67. The summed E-state index contributed by atoms with van der Waals surface area (Å²) in [5.41, 5.74) is 6.04. The zero-order chi connectivity index (χ0) is 15.1. The Kier molecular flexibility index (Phi) is 8.98. The lowest BCUT2D eigenvalue weighted by atomic mass is 9.85. The number of carbonyl (C=O) groups is 1. The average molecular weight is 346 g/mol. The van der Waals surface area contributed by atoms with Crippen LogP contribution in [0.3, 0.4) is 0 Å². The molecule has 0 saturated heterocycles. The topological polar surface area (TPSA) is 68.0 Å². The van der Waals surface area contributed by atoms with Gasteiger partial charge >= 0.3 is 0 Å². The first-order chi connectivity index (χ1) is 10.2. The van der Waals surface area contributed by atoms with Crippen LogP contribution in [0, 0.1) is 5.92 Å². The van der Waals surface area contributed by atoms with Crippen molar-refractivity contribution < 1.29 is 4.79 Å². The molecule has 3 N–H and O–H groups in total.